The van der Waals surface area contributed by atoms with Gasteiger partial charge in [0.15, 0.2) is 0 Å². The van der Waals surface area contributed by atoms with E-state index in [2.05, 4.69) is 0 Å². The molecule has 5 nitrogen and oxygen atoms in total. The van der Waals surface area contributed by atoms with Crippen molar-refractivity contribution in [3.63, 3.8) is 0 Å². The number of nitro benzene ring substituents is 1. The quantitative estimate of drug-likeness (QED) is 0.563. The summed E-state index contributed by atoms with van der Waals surface area (Å²) < 4.78 is 37.0. The Morgan fingerprint density at radius 3 is 2.25 bits per heavy atom. The monoisotopic (exact) mass is 234 g/mol. The number of carboxylic acid groups (broad SMARTS) is 1. The Hall–Kier alpha value is -2.12. The third kappa shape index (κ3) is 2.27. The van der Waals surface area contributed by atoms with E-state index in [-0.39, 0.29) is 6.07 Å². The summed E-state index contributed by atoms with van der Waals surface area (Å²) >= 11 is 0. The number of rotatable bonds is 2. The van der Waals surface area contributed by atoms with Crippen molar-refractivity contribution in [2.24, 2.45) is 0 Å². The summed E-state index contributed by atoms with van der Waals surface area (Å²) in [5, 5.41) is 20.6. The van der Waals surface area contributed by atoms with E-state index in [0.717, 1.165) is 0 Å². The predicted octanol–water partition coefficient (Wildman–Crippen LogP) is 0.977. The van der Waals surface area contributed by atoms with E-state index in [1.165, 1.54) is 0 Å². The first-order valence-corrected chi connectivity index (χ1v) is 3.80. The number of benzene rings is 1. The van der Waals surface area contributed by atoms with Crippen LogP contribution in [0.2, 0.25) is 0 Å². The summed E-state index contributed by atoms with van der Waals surface area (Å²) in [7, 11) is 0. The lowest BCUT2D eigenvalue weighted by molar-refractivity contribution is -0.388. The largest absolute Gasteiger partial charge is 0.545 e. The number of nitrogens with zero attached hydrogens (tertiary/aromatic N) is 1. The molecule has 1 rings (SSSR count). The maximum absolute atomic E-state index is 12.3. The maximum atomic E-state index is 12.3. The molecule has 0 amide bonds. The normalized spacial score (nSPS) is 11.2. The van der Waals surface area contributed by atoms with Crippen LogP contribution in [0.5, 0.6) is 0 Å². The van der Waals surface area contributed by atoms with Gasteiger partial charge in [-0.05, 0) is 17.7 Å². The van der Waals surface area contributed by atoms with Crippen LogP contribution >= 0.6 is 0 Å². The van der Waals surface area contributed by atoms with Crippen LogP contribution in [-0.2, 0) is 6.18 Å². The van der Waals surface area contributed by atoms with E-state index >= 15 is 0 Å². The van der Waals surface area contributed by atoms with Crippen LogP contribution in [0.3, 0.4) is 0 Å². The Morgan fingerprint density at radius 2 is 1.88 bits per heavy atom. The van der Waals surface area contributed by atoms with Gasteiger partial charge < -0.3 is 9.90 Å². The minimum atomic E-state index is -4.99. The lowest BCUT2D eigenvalue weighted by Gasteiger charge is -2.09. The first-order chi connectivity index (χ1) is 7.23. The summed E-state index contributed by atoms with van der Waals surface area (Å²) in [6.45, 7) is 0. The Labute approximate surface area is 86.3 Å². The summed E-state index contributed by atoms with van der Waals surface area (Å²) in [5.41, 5.74) is -3.57. The molecule has 1 aromatic rings. The van der Waals surface area contributed by atoms with Crippen molar-refractivity contribution in [1.82, 2.24) is 0 Å². The predicted molar refractivity (Wildman–Crippen MR) is 42.4 cm³/mol. The van der Waals surface area contributed by atoms with Crippen LogP contribution in [-0.4, -0.2) is 10.9 Å². The van der Waals surface area contributed by atoms with Crippen LogP contribution in [0, 0.1) is 10.1 Å². The third-order valence-corrected chi connectivity index (χ3v) is 1.73. The molecular weight excluding hydrogens is 231 g/mol. The molecule has 0 N–H and O–H groups in total. The number of nitro groups is 1. The first-order valence-electron chi connectivity index (χ1n) is 3.80. The summed E-state index contributed by atoms with van der Waals surface area (Å²) in [6, 6.07) is 1.34. The second-order valence-electron chi connectivity index (χ2n) is 2.77. The molecule has 0 aliphatic carbocycles. The van der Waals surface area contributed by atoms with Gasteiger partial charge in [0.2, 0.25) is 0 Å². The SMILES string of the molecule is O=C([O-])c1ccc([N+](=O)[O-])c(C(F)(F)F)c1. The smallest absolute Gasteiger partial charge is 0.423 e. The molecule has 0 saturated carbocycles. The molecule has 0 fully saturated rings. The Morgan fingerprint density at radius 1 is 1.31 bits per heavy atom. The number of hydrogen-bond acceptors (Lipinski definition) is 4. The molecule has 0 aromatic heterocycles. The Balaban J connectivity index is 3.45. The van der Waals surface area contributed by atoms with Crippen molar-refractivity contribution < 1.29 is 28.0 Å². The molecule has 0 heterocycles. The second kappa shape index (κ2) is 3.80. The highest BCUT2D eigenvalue weighted by atomic mass is 19.4. The average molecular weight is 234 g/mol. The number of halogens is 3. The third-order valence-electron chi connectivity index (χ3n) is 1.73. The van der Waals surface area contributed by atoms with E-state index in [0.29, 0.717) is 12.1 Å². The highest BCUT2D eigenvalue weighted by Gasteiger charge is 2.38. The van der Waals surface area contributed by atoms with Crippen LogP contribution in [0.4, 0.5) is 18.9 Å². The summed E-state index contributed by atoms with van der Waals surface area (Å²) in [6.07, 6.45) is -4.99. The van der Waals surface area contributed by atoms with E-state index in [4.69, 9.17) is 0 Å². The number of carbonyl (C=O) groups is 1. The van der Waals surface area contributed by atoms with E-state index < -0.39 is 33.9 Å². The number of hydrogen-bond donors (Lipinski definition) is 0. The molecule has 1 aromatic carbocycles. The molecular formula is C8H3F3NO4-. The molecule has 0 bridgehead atoms. The lowest BCUT2D eigenvalue weighted by Crippen LogP contribution is -2.23. The fraction of sp³-hybridized carbons (Fsp3) is 0.125. The molecule has 86 valence electrons. The molecule has 8 heteroatoms. The maximum Gasteiger partial charge on any atom is 0.423 e. The van der Waals surface area contributed by atoms with Crippen molar-refractivity contribution in [1.29, 1.82) is 0 Å². The number of alkyl halides is 3. The summed E-state index contributed by atoms with van der Waals surface area (Å²) in [5.74, 6) is -1.83. The molecule has 16 heavy (non-hydrogen) atoms. The van der Waals surface area contributed by atoms with Gasteiger partial charge in [0.1, 0.15) is 5.56 Å². The molecule has 0 radical (unpaired) electrons. The first kappa shape index (κ1) is 12.0. The Kier molecular flexibility index (Phi) is 2.84. The van der Waals surface area contributed by atoms with Gasteiger partial charge in [0.05, 0.1) is 10.9 Å². The van der Waals surface area contributed by atoms with Crippen molar-refractivity contribution >= 4 is 11.7 Å². The topological polar surface area (TPSA) is 83.3 Å². The highest BCUT2D eigenvalue weighted by molar-refractivity contribution is 5.86. The van der Waals surface area contributed by atoms with E-state index in [1.807, 2.05) is 0 Å². The molecule has 0 aliphatic heterocycles. The molecule has 0 saturated heterocycles. The van der Waals surface area contributed by atoms with Gasteiger partial charge in [-0.25, -0.2) is 0 Å². The number of carboxylic acids is 1. The van der Waals surface area contributed by atoms with E-state index in [1.54, 1.807) is 0 Å². The van der Waals surface area contributed by atoms with Gasteiger partial charge >= 0.3 is 6.18 Å². The van der Waals surface area contributed by atoms with Gasteiger partial charge in [0, 0.05) is 6.07 Å². The van der Waals surface area contributed by atoms with Crippen LogP contribution in [0.1, 0.15) is 15.9 Å². The summed E-state index contributed by atoms with van der Waals surface area (Å²) in [4.78, 5) is 19.4. The second-order valence-corrected chi connectivity index (χ2v) is 2.77. The molecule has 0 atom stereocenters. The zero-order chi connectivity index (χ0) is 12.5. The zero-order valence-electron chi connectivity index (χ0n) is 7.45. The van der Waals surface area contributed by atoms with Crippen LogP contribution in [0.15, 0.2) is 18.2 Å². The molecule has 0 aliphatic rings. The lowest BCUT2D eigenvalue weighted by atomic mass is 10.1. The fourth-order valence-electron chi connectivity index (χ4n) is 1.05. The van der Waals surface area contributed by atoms with Gasteiger partial charge in [-0.2, -0.15) is 13.2 Å². The minimum absolute atomic E-state index is 0.174. The molecule has 0 spiro atoms. The standard InChI is InChI=1S/C8H4F3NO4/c9-8(10,11)5-3-4(7(13)14)1-2-6(5)12(15)16/h1-3H,(H,13,14)/p-1. The van der Waals surface area contributed by atoms with Gasteiger partial charge in [0.25, 0.3) is 5.69 Å². The Bertz CT molecular complexity index is 455. The highest BCUT2D eigenvalue weighted by Crippen LogP contribution is 2.36. The van der Waals surface area contributed by atoms with Gasteiger partial charge in [-0.15, -0.1) is 0 Å². The van der Waals surface area contributed by atoms with Crippen molar-refractivity contribution in [3.8, 4) is 0 Å². The zero-order valence-corrected chi connectivity index (χ0v) is 7.45. The van der Waals surface area contributed by atoms with Gasteiger partial charge in [-0.3, -0.25) is 10.1 Å². The van der Waals surface area contributed by atoms with Crippen LogP contribution < -0.4 is 5.11 Å². The number of carbonyl (C=O) groups excluding carboxylic acids is 1. The van der Waals surface area contributed by atoms with E-state index in [9.17, 15) is 33.2 Å². The van der Waals surface area contributed by atoms with Crippen molar-refractivity contribution in [2.45, 2.75) is 6.18 Å². The number of aromatic carboxylic acids is 1. The van der Waals surface area contributed by atoms with Crippen LogP contribution in [0.25, 0.3) is 0 Å². The van der Waals surface area contributed by atoms with Crippen molar-refractivity contribution in [3.05, 3.63) is 39.4 Å². The van der Waals surface area contributed by atoms with Gasteiger partial charge in [-0.1, -0.05) is 0 Å². The average Bonchev–Trinajstić information content (AvgIpc) is 2.15. The minimum Gasteiger partial charge on any atom is -0.545 e. The van der Waals surface area contributed by atoms with Crippen molar-refractivity contribution in [2.75, 3.05) is 0 Å². The molecule has 0 unspecified atom stereocenters. The fourth-order valence-corrected chi connectivity index (χ4v) is 1.05.